The molecule has 7 nitrogen and oxygen atoms in total. The van der Waals surface area contributed by atoms with E-state index in [-0.39, 0.29) is 21.2 Å². The summed E-state index contributed by atoms with van der Waals surface area (Å²) in [5.74, 6) is 0.369. The first-order chi connectivity index (χ1) is 10.3. The first-order valence-corrected chi connectivity index (χ1v) is 9.45. The fourth-order valence-corrected chi connectivity index (χ4v) is 5.07. The molecule has 9 heteroatoms. The molecule has 0 spiro atoms. The summed E-state index contributed by atoms with van der Waals surface area (Å²) in [6.07, 6.45) is 4.86. The van der Waals surface area contributed by atoms with Crippen LogP contribution in [0.15, 0.2) is 10.4 Å². The topological polar surface area (TPSA) is 105 Å². The maximum absolute atomic E-state index is 12.2. The molecule has 2 fully saturated rings. The molecule has 3 rings (SSSR count). The monoisotopic (exact) mass is 343 g/mol. The van der Waals surface area contributed by atoms with Crippen LogP contribution in [0.1, 0.15) is 32.6 Å². The van der Waals surface area contributed by atoms with Crippen LogP contribution >= 0.6 is 11.3 Å². The standard InChI is InChI=1S/C13H17N3O4S2/c1-7(17)15-13-14-6-11(21-13)22(19,20)16-12(18)9-3-2-8-4-10(8)5-9/h6,8-10H,2-5H2,1H3,(H,16,18)(H,14,15,17). The van der Waals surface area contributed by atoms with E-state index >= 15 is 0 Å². The number of aromatic nitrogens is 1. The fraction of sp³-hybridized carbons (Fsp3) is 0.615. The number of carbonyl (C=O) groups excluding carboxylic acids is 2. The Balaban J connectivity index is 1.65. The Bertz CT molecular complexity index is 713. The van der Waals surface area contributed by atoms with Crippen LogP contribution in [0.3, 0.4) is 0 Å². The number of nitrogens with one attached hydrogen (secondary N) is 2. The lowest BCUT2D eigenvalue weighted by Gasteiger charge is -2.19. The first-order valence-electron chi connectivity index (χ1n) is 7.15. The number of anilines is 1. The molecule has 2 aliphatic rings. The number of amides is 2. The molecule has 3 atom stereocenters. The van der Waals surface area contributed by atoms with Gasteiger partial charge in [0.1, 0.15) is 0 Å². The minimum Gasteiger partial charge on any atom is -0.302 e. The molecule has 2 saturated carbocycles. The van der Waals surface area contributed by atoms with E-state index in [1.165, 1.54) is 13.3 Å². The minimum atomic E-state index is -3.92. The second-order valence-electron chi connectivity index (χ2n) is 5.90. The van der Waals surface area contributed by atoms with Crippen LogP contribution in [0.4, 0.5) is 5.13 Å². The lowest BCUT2D eigenvalue weighted by atomic mass is 9.89. The Morgan fingerprint density at radius 2 is 2.05 bits per heavy atom. The van der Waals surface area contributed by atoms with Gasteiger partial charge in [0.2, 0.25) is 11.8 Å². The molecule has 2 aliphatic carbocycles. The van der Waals surface area contributed by atoms with Gasteiger partial charge in [-0.1, -0.05) is 11.3 Å². The summed E-state index contributed by atoms with van der Waals surface area (Å²) in [5.41, 5.74) is 0. The van der Waals surface area contributed by atoms with Crippen molar-refractivity contribution in [2.45, 2.75) is 36.8 Å². The highest BCUT2D eigenvalue weighted by Gasteiger charge is 2.44. The molecule has 0 saturated heterocycles. The lowest BCUT2D eigenvalue weighted by Crippen LogP contribution is -2.36. The average molecular weight is 343 g/mol. The van der Waals surface area contributed by atoms with Crippen LogP contribution in [-0.2, 0) is 19.6 Å². The van der Waals surface area contributed by atoms with Gasteiger partial charge < -0.3 is 5.32 Å². The Kier molecular flexibility index (Phi) is 3.94. The number of fused-ring (bicyclic) bond motifs is 1. The van der Waals surface area contributed by atoms with Crippen LogP contribution in [0, 0.1) is 17.8 Å². The summed E-state index contributed by atoms with van der Waals surface area (Å²) < 4.78 is 26.5. The summed E-state index contributed by atoms with van der Waals surface area (Å²) in [4.78, 5) is 26.9. The van der Waals surface area contributed by atoms with Gasteiger partial charge >= 0.3 is 0 Å². The molecular weight excluding hydrogens is 326 g/mol. The molecule has 0 bridgehead atoms. The zero-order chi connectivity index (χ0) is 15.9. The van der Waals surface area contributed by atoms with E-state index in [2.05, 4.69) is 15.0 Å². The Morgan fingerprint density at radius 1 is 1.27 bits per heavy atom. The molecule has 0 radical (unpaired) electrons. The van der Waals surface area contributed by atoms with E-state index in [9.17, 15) is 18.0 Å². The van der Waals surface area contributed by atoms with Crippen LogP contribution in [0.2, 0.25) is 0 Å². The first kappa shape index (κ1) is 15.4. The summed E-state index contributed by atoms with van der Waals surface area (Å²) in [6, 6.07) is 0. The SMILES string of the molecule is CC(=O)Nc1ncc(S(=O)(=O)NC(=O)C2CCC3CC3C2)s1. The zero-order valence-corrected chi connectivity index (χ0v) is 13.7. The summed E-state index contributed by atoms with van der Waals surface area (Å²) in [7, 11) is -3.92. The second-order valence-corrected chi connectivity index (χ2v) is 8.84. The lowest BCUT2D eigenvalue weighted by molar-refractivity contribution is -0.124. The number of thiazole rings is 1. The van der Waals surface area contributed by atoms with E-state index in [1.807, 2.05) is 0 Å². The highest BCUT2D eigenvalue weighted by molar-refractivity contribution is 7.92. The van der Waals surface area contributed by atoms with E-state index in [0.717, 1.165) is 42.7 Å². The minimum absolute atomic E-state index is 0.0790. The van der Waals surface area contributed by atoms with Gasteiger partial charge in [0.15, 0.2) is 9.34 Å². The number of carbonyl (C=O) groups is 2. The Labute approximate surface area is 132 Å². The van der Waals surface area contributed by atoms with Crippen molar-refractivity contribution in [1.82, 2.24) is 9.71 Å². The fourth-order valence-electron chi connectivity index (χ4n) is 2.95. The van der Waals surface area contributed by atoms with E-state index in [0.29, 0.717) is 5.92 Å². The second kappa shape index (κ2) is 5.62. The van der Waals surface area contributed by atoms with Crippen molar-refractivity contribution in [3.63, 3.8) is 0 Å². The number of hydrogen-bond acceptors (Lipinski definition) is 6. The maximum atomic E-state index is 12.2. The van der Waals surface area contributed by atoms with Gasteiger partial charge in [0.05, 0.1) is 6.20 Å². The quantitative estimate of drug-likeness (QED) is 0.858. The number of nitrogens with zero attached hydrogens (tertiary/aromatic N) is 1. The number of sulfonamides is 1. The molecule has 0 aromatic carbocycles. The third kappa shape index (κ3) is 3.30. The van der Waals surface area contributed by atoms with Gasteiger partial charge in [-0.3, -0.25) is 9.59 Å². The third-order valence-corrected chi connectivity index (χ3v) is 6.90. The molecule has 1 aromatic rings. The maximum Gasteiger partial charge on any atom is 0.275 e. The smallest absolute Gasteiger partial charge is 0.275 e. The van der Waals surface area contributed by atoms with Gasteiger partial charge in [-0.15, -0.1) is 0 Å². The average Bonchev–Trinajstić information content (AvgIpc) is 3.06. The number of rotatable bonds is 4. The van der Waals surface area contributed by atoms with Gasteiger partial charge in [-0.05, 0) is 37.5 Å². The van der Waals surface area contributed by atoms with Crippen molar-refractivity contribution in [1.29, 1.82) is 0 Å². The van der Waals surface area contributed by atoms with Crippen molar-refractivity contribution in [2.75, 3.05) is 5.32 Å². The Hall–Kier alpha value is -1.48. The zero-order valence-electron chi connectivity index (χ0n) is 12.0. The summed E-state index contributed by atoms with van der Waals surface area (Å²) in [6.45, 7) is 1.31. The van der Waals surface area contributed by atoms with E-state index < -0.39 is 15.9 Å². The van der Waals surface area contributed by atoms with Crippen molar-refractivity contribution < 1.29 is 18.0 Å². The molecular formula is C13H17N3O4S2. The van der Waals surface area contributed by atoms with Gasteiger partial charge in [-0.2, -0.15) is 0 Å². The molecule has 1 aromatic heterocycles. The largest absolute Gasteiger partial charge is 0.302 e. The third-order valence-electron chi connectivity index (χ3n) is 4.18. The van der Waals surface area contributed by atoms with Gasteiger partial charge in [0.25, 0.3) is 10.0 Å². The van der Waals surface area contributed by atoms with Crippen LogP contribution in [0.25, 0.3) is 0 Å². The molecule has 1 heterocycles. The van der Waals surface area contributed by atoms with Crippen molar-refractivity contribution in [3.8, 4) is 0 Å². The van der Waals surface area contributed by atoms with Crippen LogP contribution < -0.4 is 10.0 Å². The van der Waals surface area contributed by atoms with Gasteiger partial charge in [-0.25, -0.2) is 18.1 Å². The summed E-state index contributed by atoms with van der Waals surface area (Å²) in [5, 5.41) is 2.61. The van der Waals surface area contributed by atoms with Crippen LogP contribution in [-0.4, -0.2) is 25.2 Å². The van der Waals surface area contributed by atoms with Crippen molar-refractivity contribution in [3.05, 3.63) is 6.20 Å². The Morgan fingerprint density at radius 3 is 2.73 bits per heavy atom. The number of hydrogen-bond donors (Lipinski definition) is 2. The predicted molar refractivity (Wildman–Crippen MR) is 80.7 cm³/mol. The van der Waals surface area contributed by atoms with E-state index in [1.54, 1.807) is 0 Å². The molecule has 120 valence electrons. The molecule has 0 aliphatic heterocycles. The highest BCUT2D eigenvalue weighted by Crippen LogP contribution is 2.51. The normalized spacial score (nSPS) is 26.9. The van der Waals surface area contributed by atoms with Crippen molar-refractivity contribution in [2.24, 2.45) is 17.8 Å². The molecule has 22 heavy (non-hydrogen) atoms. The van der Waals surface area contributed by atoms with E-state index in [4.69, 9.17) is 0 Å². The predicted octanol–water partition coefficient (Wildman–Crippen LogP) is 1.34. The molecule has 2 N–H and O–H groups in total. The summed E-state index contributed by atoms with van der Waals surface area (Å²) >= 11 is 0.820. The highest BCUT2D eigenvalue weighted by atomic mass is 32.2. The molecule has 2 amide bonds. The van der Waals surface area contributed by atoms with Crippen molar-refractivity contribution >= 4 is 38.3 Å². The molecule has 3 unspecified atom stereocenters. The van der Waals surface area contributed by atoms with Gasteiger partial charge in [0, 0.05) is 12.8 Å². The van der Waals surface area contributed by atoms with Crippen LogP contribution in [0.5, 0.6) is 0 Å².